The summed E-state index contributed by atoms with van der Waals surface area (Å²) in [6, 6.07) is 14.4. The number of benzene rings is 2. The minimum absolute atomic E-state index is 0. The van der Waals surface area contributed by atoms with Gasteiger partial charge in [-0.1, -0.05) is 29.8 Å². The number of piperidine rings is 1. The van der Waals surface area contributed by atoms with Crippen molar-refractivity contribution in [1.29, 1.82) is 0 Å². The summed E-state index contributed by atoms with van der Waals surface area (Å²) in [6.45, 7) is 1.96. The molecular weight excluding hydrogens is 445 g/mol. The Labute approximate surface area is 217 Å². The van der Waals surface area contributed by atoms with Crippen molar-refractivity contribution in [3.05, 3.63) is 82.4 Å². The summed E-state index contributed by atoms with van der Waals surface area (Å²) in [4.78, 5) is 19.9. The molecule has 2 aliphatic heterocycles. The number of carbonyl (C=O) groups excluding carboxylic acids is 1. The molecule has 6 nitrogen and oxygen atoms in total. The summed E-state index contributed by atoms with van der Waals surface area (Å²) >= 11 is 6.07. The Hall–Kier alpha value is -2.49. The smallest absolute Gasteiger partial charge is 0.870 e. The average molecular weight is 472 g/mol. The van der Waals surface area contributed by atoms with Crippen LogP contribution in [0.3, 0.4) is 0 Å². The molecule has 2 fully saturated rings. The number of imidazole rings is 1. The van der Waals surface area contributed by atoms with Gasteiger partial charge in [-0.05, 0) is 74.1 Å². The van der Waals surface area contributed by atoms with Gasteiger partial charge in [-0.2, -0.15) is 0 Å². The Morgan fingerprint density at radius 2 is 1.88 bits per heavy atom. The molecule has 0 bridgehead atoms. The molecule has 1 amide bonds. The van der Waals surface area contributed by atoms with Gasteiger partial charge >= 0.3 is 18.9 Å². The van der Waals surface area contributed by atoms with Crippen molar-refractivity contribution in [3.63, 3.8) is 0 Å². The van der Waals surface area contributed by atoms with Gasteiger partial charge in [0, 0.05) is 22.8 Å². The van der Waals surface area contributed by atoms with E-state index in [1.165, 1.54) is 0 Å². The first-order valence-corrected chi connectivity index (χ1v) is 11.4. The van der Waals surface area contributed by atoms with Gasteiger partial charge in [0.25, 0.3) is 5.91 Å². The van der Waals surface area contributed by atoms with Gasteiger partial charge in [-0.3, -0.25) is 4.79 Å². The monoisotopic (exact) mass is 471 g/mol. The number of ether oxygens (including phenoxy) is 1. The van der Waals surface area contributed by atoms with Gasteiger partial charge in [0.1, 0.15) is 5.75 Å². The standard InChI is InChI=1S/C26H26ClN3O2.Li.H2O/c1-17-15-29(16-28-17)24-11-3-18(14-25(24)32-2)13-20-6-9-22-10-12-23(30(22)26(20)31)19-4-7-21(27)8-5-19;;/h3-5,7-8,11,13-16,22-23H,6,9-10,12H2,1-2H3;;1H2/q;+1;/p-1/t22-,23+;;/m1../s1. The van der Waals surface area contributed by atoms with Crippen LogP contribution in [-0.4, -0.2) is 39.0 Å². The molecule has 2 saturated heterocycles. The first-order chi connectivity index (χ1) is 15.5. The third kappa shape index (κ3) is 4.96. The maximum absolute atomic E-state index is 13.5. The van der Waals surface area contributed by atoms with Crippen molar-refractivity contribution in [1.82, 2.24) is 14.5 Å². The average Bonchev–Trinajstić information content (AvgIpc) is 3.43. The Bertz CT molecular complexity index is 1190. The zero-order valence-electron chi connectivity index (χ0n) is 19.7. The quantitative estimate of drug-likeness (QED) is 0.433. The molecule has 3 aromatic rings. The molecule has 2 aliphatic rings. The molecule has 0 aliphatic carbocycles. The second kappa shape index (κ2) is 10.8. The second-order valence-electron chi connectivity index (χ2n) is 8.57. The first kappa shape index (κ1) is 26.1. The summed E-state index contributed by atoms with van der Waals surface area (Å²) in [5.74, 6) is 0.894. The van der Waals surface area contributed by atoms with E-state index in [1.54, 1.807) is 13.4 Å². The Balaban J connectivity index is 0.00000162. The summed E-state index contributed by atoms with van der Waals surface area (Å²) in [7, 11) is 1.66. The van der Waals surface area contributed by atoms with Crippen molar-refractivity contribution in [3.8, 4) is 11.4 Å². The van der Waals surface area contributed by atoms with Crippen molar-refractivity contribution in [2.75, 3.05) is 7.11 Å². The van der Waals surface area contributed by atoms with E-state index in [2.05, 4.69) is 9.88 Å². The molecule has 8 heteroatoms. The third-order valence-electron chi connectivity index (χ3n) is 6.55. The van der Waals surface area contributed by atoms with Gasteiger partial charge in [0.15, 0.2) is 0 Å². The topological polar surface area (TPSA) is 77.4 Å². The molecule has 0 saturated carbocycles. The van der Waals surface area contributed by atoms with Gasteiger partial charge in [0.05, 0.1) is 30.9 Å². The van der Waals surface area contributed by atoms with E-state index in [1.807, 2.05) is 66.2 Å². The normalized spacial score (nSPS) is 20.5. The molecule has 3 heterocycles. The van der Waals surface area contributed by atoms with Crippen LogP contribution in [-0.2, 0) is 4.79 Å². The number of hydrogen-bond acceptors (Lipinski definition) is 4. The molecule has 0 unspecified atom stereocenters. The Morgan fingerprint density at radius 1 is 1.12 bits per heavy atom. The molecular formula is C26H27ClLiN3O3. The number of methoxy groups -OCH3 is 1. The Kier molecular flexibility index (Phi) is 8.33. The van der Waals surface area contributed by atoms with Crippen molar-refractivity contribution < 1.29 is 33.9 Å². The van der Waals surface area contributed by atoms with Crippen LogP contribution in [0.2, 0.25) is 5.02 Å². The van der Waals surface area contributed by atoms with Gasteiger partial charge in [-0.25, -0.2) is 4.98 Å². The fourth-order valence-electron chi connectivity index (χ4n) is 4.97. The maximum atomic E-state index is 13.5. The summed E-state index contributed by atoms with van der Waals surface area (Å²) in [6.07, 6.45) is 9.62. The van der Waals surface area contributed by atoms with Crippen LogP contribution in [0.25, 0.3) is 11.8 Å². The van der Waals surface area contributed by atoms with Crippen molar-refractivity contribution in [2.45, 2.75) is 44.7 Å². The minimum atomic E-state index is 0. The van der Waals surface area contributed by atoms with Crippen molar-refractivity contribution in [2.24, 2.45) is 0 Å². The fraction of sp³-hybridized carbons (Fsp3) is 0.308. The van der Waals surface area contributed by atoms with E-state index >= 15 is 0 Å². The maximum Gasteiger partial charge on any atom is 1.00 e. The third-order valence-corrected chi connectivity index (χ3v) is 6.80. The molecule has 1 aromatic heterocycles. The predicted molar refractivity (Wildman–Crippen MR) is 128 cm³/mol. The minimum Gasteiger partial charge on any atom is -0.870 e. The van der Waals surface area contributed by atoms with E-state index in [4.69, 9.17) is 16.3 Å². The van der Waals surface area contributed by atoms with Crippen molar-refractivity contribution >= 4 is 23.6 Å². The fourth-order valence-corrected chi connectivity index (χ4v) is 5.09. The van der Waals surface area contributed by atoms with E-state index in [0.29, 0.717) is 6.04 Å². The summed E-state index contributed by atoms with van der Waals surface area (Å²) in [5, 5.41) is 0.720. The number of carbonyl (C=O) groups is 1. The van der Waals surface area contributed by atoms with Crippen LogP contribution in [0.1, 0.15) is 48.5 Å². The molecule has 34 heavy (non-hydrogen) atoms. The van der Waals surface area contributed by atoms with Gasteiger partial charge < -0.3 is 19.7 Å². The number of hydrogen-bond donors (Lipinski definition) is 0. The van der Waals surface area contributed by atoms with Crippen LogP contribution in [0.5, 0.6) is 5.75 Å². The van der Waals surface area contributed by atoms with E-state index in [9.17, 15) is 4.79 Å². The number of nitrogens with zero attached hydrogens (tertiary/aromatic N) is 3. The Morgan fingerprint density at radius 3 is 2.56 bits per heavy atom. The molecule has 0 spiro atoms. The summed E-state index contributed by atoms with van der Waals surface area (Å²) < 4.78 is 7.58. The first-order valence-electron chi connectivity index (χ1n) is 11.0. The van der Waals surface area contributed by atoms with Crippen LogP contribution < -0.4 is 23.6 Å². The molecule has 5 rings (SSSR count). The zero-order chi connectivity index (χ0) is 22.2. The number of aromatic nitrogens is 2. The van der Waals surface area contributed by atoms with E-state index < -0.39 is 0 Å². The molecule has 0 radical (unpaired) electrons. The largest absolute Gasteiger partial charge is 1.00 e. The zero-order valence-corrected chi connectivity index (χ0v) is 20.5. The van der Waals surface area contributed by atoms with Crippen LogP contribution in [0.15, 0.2) is 60.6 Å². The van der Waals surface area contributed by atoms with Crippen LogP contribution in [0, 0.1) is 6.92 Å². The number of fused-ring (bicyclic) bond motifs is 1. The van der Waals surface area contributed by atoms with Gasteiger partial charge in [-0.15, -0.1) is 0 Å². The number of amides is 1. The second-order valence-corrected chi connectivity index (χ2v) is 9.01. The molecule has 172 valence electrons. The van der Waals surface area contributed by atoms with Crippen LogP contribution >= 0.6 is 11.6 Å². The number of halogens is 1. The van der Waals surface area contributed by atoms with E-state index in [0.717, 1.165) is 64.5 Å². The summed E-state index contributed by atoms with van der Waals surface area (Å²) in [5.41, 5.74) is 4.85. The predicted octanol–water partition coefficient (Wildman–Crippen LogP) is 2.58. The van der Waals surface area contributed by atoms with Gasteiger partial charge in [0.2, 0.25) is 0 Å². The molecule has 1 N–H and O–H groups in total. The number of aryl methyl sites for hydroxylation is 1. The molecule has 2 aromatic carbocycles. The van der Waals surface area contributed by atoms with E-state index in [-0.39, 0.29) is 36.3 Å². The SMILES string of the molecule is COc1cc(C=C2CC[C@@H]3CC[C@@H](c4ccc(Cl)cc4)N3C2=O)ccc1-n1cnc(C)c1.[Li+].[OH-]. The molecule has 2 atom stereocenters. The van der Waals surface area contributed by atoms with Crippen LogP contribution in [0.4, 0.5) is 0 Å². The number of rotatable bonds is 4.